The SMILES string of the molecule is CC(C)(C)[S@@](=O)N[C@H]1c2c(ccc(Oc3cc(F)cc(C#N)c3)c2C(F)F)S(=O)(=O)C1(F)F. The van der Waals surface area contributed by atoms with Crippen molar-refractivity contribution in [1.29, 1.82) is 5.26 Å². The van der Waals surface area contributed by atoms with Gasteiger partial charge in [0.15, 0.2) is 0 Å². The largest absolute Gasteiger partial charge is 0.457 e. The van der Waals surface area contributed by atoms with Gasteiger partial charge >= 0.3 is 5.25 Å². The molecule has 0 amide bonds. The number of ether oxygens (including phenoxy) is 1. The van der Waals surface area contributed by atoms with Gasteiger partial charge in [0.2, 0.25) is 9.84 Å². The van der Waals surface area contributed by atoms with E-state index in [-0.39, 0.29) is 11.3 Å². The van der Waals surface area contributed by atoms with Crippen LogP contribution in [-0.2, 0) is 20.8 Å². The smallest absolute Gasteiger partial charge is 0.369 e. The van der Waals surface area contributed by atoms with Crippen molar-refractivity contribution in [2.45, 2.75) is 48.1 Å². The van der Waals surface area contributed by atoms with Crippen LogP contribution in [0.15, 0.2) is 35.2 Å². The minimum atomic E-state index is -5.41. The van der Waals surface area contributed by atoms with Crippen LogP contribution in [0.4, 0.5) is 22.0 Å². The molecular weight excluding hydrogens is 491 g/mol. The zero-order valence-corrected chi connectivity index (χ0v) is 19.0. The number of fused-ring (bicyclic) bond motifs is 1. The Hall–Kier alpha value is -2.56. The number of sulfone groups is 1. The fourth-order valence-electron chi connectivity index (χ4n) is 3.14. The second-order valence-electron chi connectivity index (χ2n) is 8.08. The van der Waals surface area contributed by atoms with Gasteiger partial charge in [0.1, 0.15) is 23.4 Å². The molecule has 2 atom stereocenters. The van der Waals surface area contributed by atoms with Crippen molar-refractivity contribution in [2.24, 2.45) is 0 Å². The van der Waals surface area contributed by atoms with Crippen LogP contribution >= 0.6 is 0 Å². The topological polar surface area (TPSA) is 96.3 Å². The Morgan fingerprint density at radius 3 is 2.39 bits per heavy atom. The number of nitrogens with zero attached hydrogens (tertiary/aromatic N) is 1. The van der Waals surface area contributed by atoms with Gasteiger partial charge in [0.05, 0.1) is 37.8 Å². The molecule has 1 heterocycles. The number of halogens is 5. The maximum absolute atomic E-state index is 14.9. The third-order valence-corrected chi connectivity index (χ3v) is 8.16. The molecule has 0 radical (unpaired) electrons. The minimum absolute atomic E-state index is 0.195. The molecule has 2 aromatic rings. The number of benzene rings is 2. The predicted octanol–water partition coefficient (Wildman–Crippen LogP) is 4.90. The highest BCUT2D eigenvalue weighted by Gasteiger charge is 2.63. The second-order valence-corrected chi connectivity index (χ2v) is 12.1. The Bertz CT molecular complexity index is 1280. The lowest BCUT2D eigenvalue weighted by molar-refractivity contribution is 0.0602. The Kier molecular flexibility index (Phi) is 6.33. The van der Waals surface area contributed by atoms with Crippen LogP contribution in [0.1, 0.15) is 49.9 Å². The van der Waals surface area contributed by atoms with E-state index in [1.165, 1.54) is 20.8 Å². The van der Waals surface area contributed by atoms with Gasteiger partial charge < -0.3 is 4.74 Å². The molecule has 33 heavy (non-hydrogen) atoms. The first-order chi connectivity index (χ1) is 15.1. The summed E-state index contributed by atoms with van der Waals surface area (Å²) < 4.78 is 115. The van der Waals surface area contributed by atoms with Crippen molar-refractivity contribution in [2.75, 3.05) is 0 Å². The second kappa shape index (κ2) is 8.34. The molecule has 1 aliphatic heterocycles. The fraction of sp³-hybridized carbons (Fsp3) is 0.350. The molecule has 6 nitrogen and oxygen atoms in total. The summed E-state index contributed by atoms with van der Waals surface area (Å²) in [6, 6.07) is 3.17. The molecule has 0 aliphatic carbocycles. The molecule has 0 bridgehead atoms. The fourth-order valence-corrected chi connectivity index (χ4v) is 5.59. The Morgan fingerprint density at radius 1 is 1.21 bits per heavy atom. The van der Waals surface area contributed by atoms with Crippen LogP contribution in [-0.4, -0.2) is 22.6 Å². The van der Waals surface area contributed by atoms with E-state index in [0.29, 0.717) is 6.07 Å². The predicted molar refractivity (Wildman–Crippen MR) is 108 cm³/mol. The zero-order valence-electron chi connectivity index (χ0n) is 17.3. The molecule has 0 saturated carbocycles. The van der Waals surface area contributed by atoms with Crippen LogP contribution in [0, 0.1) is 17.1 Å². The average molecular weight is 508 g/mol. The van der Waals surface area contributed by atoms with Gasteiger partial charge in [-0.1, -0.05) is 0 Å². The number of rotatable bonds is 5. The van der Waals surface area contributed by atoms with E-state index in [9.17, 15) is 34.6 Å². The molecule has 178 valence electrons. The molecule has 1 aliphatic rings. The molecule has 3 rings (SSSR count). The standard InChI is InChI=1S/C20H17F5N2O4S2/c1-19(2,3)32(28)27-17-16-14(33(29,30)20(17,24)25)5-4-13(15(16)18(22)23)31-12-7-10(9-26)6-11(21)8-12/h4-8,17-18,27H,1-3H3/t17-,32+/m0/s1. The molecule has 0 unspecified atom stereocenters. The van der Waals surface area contributed by atoms with E-state index >= 15 is 0 Å². The Labute approximate surface area is 188 Å². The average Bonchev–Trinajstić information content (AvgIpc) is 2.83. The number of nitrogens with one attached hydrogen (secondary N) is 1. The van der Waals surface area contributed by atoms with Crippen LogP contribution in [0.25, 0.3) is 0 Å². The third kappa shape index (κ3) is 4.34. The maximum Gasteiger partial charge on any atom is 0.369 e. The number of alkyl halides is 4. The summed E-state index contributed by atoms with van der Waals surface area (Å²) in [6.07, 6.45) is -3.49. The molecule has 2 aromatic carbocycles. The van der Waals surface area contributed by atoms with Crippen molar-refractivity contribution in [3.8, 4) is 17.6 Å². The lowest BCUT2D eigenvalue weighted by atomic mass is 10.00. The normalized spacial score (nSPS) is 19.7. The van der Waals surface area contributed by atoms with Gasteiger partial charge in [0.25, 0.3) is 6.43 Å². The van der Waals surface area contributed by atoms with E-state index in [1.807, 2.05) is 4.72 Å². The van der Waals surface area contributed by atoms with Crippen molar-refractivity contribution in [3.05, 3.63) is 52.8 Å². The zero-order chi connectivity index (χ0) is 24.9. The third-order valence-electron chi connectivity index (χ3n) is 4.71. The molecule has 0 spiro atoms. The van der Waals surface area contributed by atoms with Gasteiger partial charge in [-0.3, -0.25) is 0 Å². The summed E-state index contributed by atoms with van der Waals surface area (Å²) in [4.78, 5) is -1.06. The van der Waals surface area contributed by atoms with Crippen molar-refractivity contribution >= 4 is 20.8 Å². The summed E-state index contributed by atoms with van der Waals surface area (Å²) in [5.74, 6) is -2.03. The Morgan fingerprint density at radius 2 is 1.85 bits per heavy atom. The van der Waals surface area contributed by atoms with Crippen LogP contribution in [0.3, 0.4) is 0 Å². The summed E-state index contributed by atoms with van der Waals surface area (Å²) in [6.45, 7) is 4.26. The highest BCUT2D eigenvalue weighted by Crippen LogP contribution is 2.54. The summed E-state index contributed by atoms with van der Waals surface area (Å²) >= 11 is 0. The van der Waals surface area contributed by atoms with Gasteiger partial charge in [0, 0.05) is 11.6 Å². The first-order valence-electron chi connectivity index (χ1n) is 9.25. The maximum atomic E-state index is 14.9. The number of hydrogen-bond donors (Lipinski definition) is 1. The summed E-state index contributed by atoms with van der Waals surface area (Å²) in [5, 5.41) is 4.35. The van der Waals surface area contributed by atoms with Gasteiger partial charge in [-0.2, -0.15) is 14.0 Å². The molecule has 0 fully saturated rings. The van der Waals surface area contributed by atoms with Crippen LogP contribution in [0.2, 0.25) is 0 Å². The highest BCUT2D eigenvalue weighted by molar-refractivity contribution is 7.93. The van der Waals surface area contributed by atoms with Crippen molar-refractivity contribution in [1.82, 2.24) is 4.72 Å². The van der Waals surface area contributed by atoms with Crippen LogP contribution in [0.5, 0.6) is 11.5 Å². The van der Waals surface area contributed by atoms with E-state index in [1.54, 1.807) is 6.07 Å². The lowest BCUT2D eigenvalue weighted by Crippen LogP contribution is -2.43. The summed E-state index contributed by atoms with van der Waals surface area (Å²) in [7, 11) is -7.66. The van der Waals surface area contributed by atoms with Gasteiger partial charge in [-0.25, -0.2) is 30.5 Å². The Balaban J connectivity index is 2.23. The van der Waals surface area contributed by atoms with E-state index < -0.39 is 70.9 Å². The van der Waals surface area contributed by atoms with Crippen LogP contribution < -0.4 is 9.46 Å². The quantitative estimate of drug-likeness (QED) is 0.580. The molecule has 13 heteroatoms. The first kappa shape index (κ1) is 25.1. The minimum Gasteiger partial charge on any atom is -0.457 e. The van der Waals surface area contributed by atoms with E-state index in [0.717, 1.165) is 24.3 Å². The first-order valence-corrected chi connectivity index (χ1v) is 11.9. The van der Waals surface area contributed by atoms with E-state index in [4.69, 9.17) is 10.00 Å². The van der Waals surface area contributed by atoms with Crippen molar-refractivity contribution < 1.29 is 39.3 Å². The highest BCUT2D eigenvalue weighted by atomic mass is 32.2. The number of hydrogen-bond acceptors (Lipinski definition) is 5. The molecular formula is C20H17F5N2O4S2. The monoisotopic (exact) mass is 508 g/mol. The van der Waals surface area contributed by atoms with Gasteiger partial charge in [-0.05, 0) is 45.0 Å². The molecule has 0 saturated heterocycles. The summed E-state index contributed by atoms with van der Waals surface area (Å²) in [5.41, 5.74) is -2.36. The number of nitriles is 1. The van der Waals surface area contributed by atoms with E-state index in [2.05, 4.69) is 0 Å². The van der Waals surface area contributed by atoms with Gasteiger partial charge in [-0.15, -0.1) is 0 Å². The lowest BCUT2D eigenvalue weighted by Gasteiger charge is -2.26. The molecule has 0 aromatic heterocycles. The molecule has 1 N–H and O–H groups in total. The van der Waals surface area contributed by atoms with Crippen molar-refractivity contribution in [3.63, 3.8) is 0 Å².